The van der Waals surface area contributed by atoms with Gasteiger partial charge in [0, 0.05) is 16.3 Å². The summed E-state index contributed by atoms with van der Waals surface area (Å²) in [5, 5.41) is 30.9. The van der Waals surface area contributed by atoms with Gasteiger partial charge in [-0.2, -0.15) is 0 Å². The first-order valence-corrected chi connectivity index (χ1v) is 12.1. The lowest BCUT2D eigenvalue weighted by atomic mass is 9.80. The van der Waals surface area contributed by atoms with Crippen LogP contribution in [0.5, 0.6) is 5.75 Å². The molecule has 40 heavy (non-hydrogen) atoms. The molecule has 14 heteroatoms. The van der Waals surface area contributed by atoms with E-state index in [1.54, 1.807) is 30.3 Å². The largest absolute Gasteiger partial charge is 0.573 e. The molecule has 2 aromatic carbocycles. The molecular weight excluding hydrogens is 557 g/mol. The zero-order valence-electron chi connectivity index (χ0n) is 20.8. The lowest BCUT2D eigenvalue weighted by Crippen LogP contribution is -2.34. The van der Waals surface area contributed by atoms with E-state index in [2.05, 4.69) is 20.4 Å². The van der Waals surface area contributed by atoms with Crippen molar-refractivity contribution in [3.05, 3.63) is 87.9 Å². The highest BCUT2D eigenvalue weighted by Crippen LogP contribution is 2.41. The van der Waals surface area contributed by atoms with Crippen molar-refractivity contribution in [3.63, 3.8) is 0 Å². The van der Waals surface area contributed by atoms with Crippen LogP contribution >= 0.6 is 11.6 Å². The third-order valence-corrected chi connectivity index (χ3v) is 6.28. The predicted octanol–water partition coefficient (Wildman–Crippen LogP) is 4.60. The molecule has 2 heterocycles. The summed E-state index contributed by atoms with van der Waals surface area (Å²) in [6, 6.07) is 11.7. The molecular formula is C26H22ClF3N4O6. The number of halogens is 4. The second-order valence-corrected chi connectivity index (χ2v) is 9.02. The average Bonchev–Trinajstić information content (AvgIpc) is 3.34. The van der Waals surface area contributed by atoms with Crippen molar-refractivity contribution in [3.8, 4) is 17.0 Å². The molecule has 4 rings (SSSR count). The van der Waals surface area contributed by atoms with E-state index in [0.29, 0.717) is 16.8 Å². The molecule has 3 aromatic rings. The maximum Gasteiger partial charge on any atom is 0.573 e. The minimum absolute atomic E-state index is 0.0589. The van der Waals surface area contributed by atoms with Crippen molar-refractivity contribution in [2.45, 2.75) is 25.7 Å². The van der Waals surface area contributed by atoms with Gasteiger partial charge in [0.1, 0.15) is 11.4 Å². The quantitative estimate of drug-likeness (QED) is 0.295. The number of hydrogen-bond acceptors (Lipinski definition) is 7. The van der Waals surface area contributed by atoms with Gasteiger partial charge in [-0.1, -0.05) is 47.1 Å². The minimum atomic E-state index is -4.83. The van der Waals surface area contributed by atoms with Gasteiger partial charge in [-0.25, -0.2) is 14.3 Å². The molecule has 0 bridgehead atoms. The minimum Gasteiger partial charge on any atom is -0.478 e. The van der Waals surface area contributed by atoms with E-state index in [1.165, 1.54) is 36.0 Å². The molecule has 1 aliphatic rings. The molecule has 3 N–H and O–H groups in total. The van der Waals surface area contributed by atoms with Crippen LogP contribution in [0.1, 0.15) is 18.4 Å². The van der Waals surface area contributed by atoms with Crippen molar-refractivity contribution in [1.29, 1.82) is 0 Å². The highest BCUT2D eigenvalue weighted by molar-refractivity contribution is 6.31. The Labute approximate surface area is 230 Å². The second-order valence-electron chi connectivity index (χ2n) is 8.62. The summed E-state index contributed by atoms with van der Waals surface area (Å²) in [6.45, 7) is 1.58. The third-order valence-electron chi connectivity index (χ3n) is 5.94. The van der Waals surface area contributed by atoms with Gasteiger partial charge >= 0.3 is 18.3 Å². The first-order valence-electron chi connectivity index (χ1n) is 11.7. The van der Waals surface area contributed by atoms with Crippen LogP contribution < -0.4 is 10.1 Å². The maximum absolute atomic E-state index is 12.5. The fourth-order valence-corrected chi connectivity index (χ4v) is 4.54. The molecule has 0 fully saturated rings. The number of ether oxygens (including phenoxy) is 2. The Morgan fingerprint density at radius 3 is 2.50 bits per heavy atom. The smallest absolute Gasteiger partial charge is 0.478 e. The standard InChI is InChI=1S/C26H22ClF3N4O6/c1-14-21(24(35)36)22(17-7-2-3-8-18(17)27)23(25(37)38)20(31-14)13-39-10-9-34-12-19(32-33-34)15-5-4-6-16(11-15)40-26(28,29)30/h2-8,11-12,22,31H,9-10,13H2,1H3,(H,35,36)(H,37,38). The number of nitrogens with one attached hydrogen (secondary N) is 1. The summed E-state index contributed by atoms with van der Waals surface area (Å²) in [5.74, 6) is -4.15. The zero-order chi connectivity index (χ0) is 29.0. The highest BCUT2D eigenvalue weighted by Gasteiger charge is 2.38. The summed E-state index contributed by atoms with van der Waals surface area (Å²) in [6.07, 6.45) is -3.32. The molecule has 210 valence electrons. The van der Waals surface area contributed by atoms with Crippen LogP contribution in [0.3, 0.4) is 0 Å². The summed E-state index contributed by atoms with van der Waals surface area (Å²) in [7, 11) is 0. The molecule has 0 saturated carbocycles. The first-order chi connectivity index (χ1) is 18.9. The molecule has 0 radical (unpaired) electrons. The van der Waals surface area contributed by atoms with Gasteiger partial charge in [0.05, 0.1) is 48.7 Å². The van der Waals surface area contributed by atoms with Gasteiger partial charge in [-0.15, -0.1) is 18.3 Å². The summed E-state index contributed by atoms with van der Waals surface area (Å²) >= 11 is 6.32. The topological polar surface area (TPSA) is 136 Å². The van der Waals surface area contributed by atoms with E-state index < -0.39 is 30.0 Å². The molecule has 1 aromatic heterocycles. The fraction of sp³-hybridized carbons (Fsp3) is 0.231. The number of rotatable bonds is 10. The lowest BCUT2D eigenvalue weighted by Gasteiger charge is -2.30. The van der Waals surface area contributed by atoms with Gasteiger partial charge < -0.3 is 25.0 Å². The number of carbonyl (C=O) groups is 2. The van der Waals surface area contributed by atoms with Crippen LogP contribution in [-0.4, -0.2) is 56.7 Å². The van der Waals surface area contributed by atoms with Crippen LogP contribution in [0.2, 0.25) is 5.02 Å². The Kier molecular flexibility index (Phi) is 8.45. The van der Waals surface area contributed by atoms with Crippen LogP contribution in [-0.2, 0) is 20.9 Å². The molecule has 1 atom stereocenters. The molecule has 0 amide bonds. The first kappa shape index (κ1) is 28.6. The van der Waals surface area contributed by atoms with Gasteiger partial charge in [0.2, 0.25) is 0 Å². The summed E-state index contributed by atoms with van der Waals surface area (Å²) in [5.41, 5.74) is 1.06. The van der Waals surface area contributed by atoms with E-state index in [0.717, 1.165) is 0 Å². The van der Waals surface area contributed by atoms with Crippen LogP contribution in [0.25, 0.3) is 11.3 Å². The van der Waals surface area contributed by atoms with Crippen LogP contribution in [0.15, 0.2) is 77.3 Å². The number of aromatic nitrogens is 3. The predicted molar refractivity (Wildman–Crippen MR) is 135 cm³/mol. The number of nitrogens with zero attached hydrogens (tertiary/aromatic N) is 3. The van der Waals surface area contributed by atoms with Crippen molar-refractivity contribution in [2.75, 3.05) is 13.2 Å². The molecule has 0 spiro atoms. The Hall–Kier alpha value is -4.36. The highest BCUT2D eigenvalue weighted by atomic mass is 35.5. The normalized spacial score (nSPS) is 15.7. The number of carboxylic acid groups (broad SMARTS) is 2. The number of carboxylic acids is 2. The summed E-state index contributed by atoms with van der Waals surface area (Å²) < 4.78 is 48.6. The molecule has 0 saturated heterocycles. The molecule has 1 unspecified atom stereocenters. The van der Waals surface area contributed by atoms with E-state index in [-0.39, 0.29) is 47.3 Å². The SMILES string of the molecule is CC1=C(C(=O)O)C(c2ccccc2Cl)C(C(=O)O)=C(COCCn2cc(-c3cccc(OC(F)(F)F)c3)nn2)N1. The van der Waals surface area contributed by atoms with E-state index in [4.69, 9.17) is 16.3 Å². The Bertz CT molecular complexity index is 1500. The Balaban J connectivity index is 1.47. The number of dihydropyridines is 1. The van der Waals surface area contributed by atoms with Gasteiger partial charge in [-0.05, 0) is 30.7 Å². The van der Waals surface area contributed by atoms with Gasteiger partial charge in [0.25, 0.3) is 0 Å². The van der Waals surface area contributed by atoms with Crippen LogP contribution in [0, 0.1) is 0 Å². The van der Waals surface area contributed by atoms with Gasteiger partial charge in [-0.3, -0.25) is 0 Å². The number of benzene rings is 2. The Morgan fingerprint density at radius 2 is 1.82 bits per heavy atom. The van der Waals surface area contributed by atoms with E-state index >= 15 is 0 Å². The van der Waals surface area contributed by atoms with Crippen LogP contribution in [0.4, 0.5) is 13.2 Å². The Morgan fingerprint density at radius 1 is 1.10 bits per heavy atom. The fourth-order valence-electron chi connectivity index (χ4n) is 4.29. The van der Waals surface area contributed by atoms with Crippen molar-refractivity contribution >= 4 is 23.5 Å². The lowest BCUT2D eigenvalue weighted by molar-refractivity contribution is -0.274. The van der Waals surface area contributed by atoms with Crippen molar-refractivity contribution < 1.29 is 42.4 Å². The van der Waals surface area contributed by atoms with E-state index in [1.807, 2.05) is 0 Å². The molecule has 10 nitrogen and oxygen atoms in total. The number of alkyl halides is 3. The number of aliphatic carboxylic acids is 2. The number of allylic oxidation sites excluding steroid dienone is 1. The maximum atomic E-state index is 12.5. The monoisotopic (exact) mass is 578 g/mol. The summed E-state index contributed by atoms with van der Waals surface area (Å²) in [4.78, 5) is 24.4. The zero-order valence-corrected chi connectivity index (χ0v) is 21.5. The van der Waals surface area contributed by atoms with E-state index in [9.17, 15) is 33.0 Å². The van der Waals surface area contributed by atoms with Crippen molar-refractivity contribution in [2.24, 2.45) is 0 Å². The third kappa shape index (κ3) is 6.61. The molecule has 0 aliphatic carbocycles. The number of hydrogen-bond donors (Lipinski definition) is 3. The van der Waals surface area contributed by atoms with Gasteiger partial charge in [0.15, 0.2) is 0 Å². The van der Waals surface area contributed by atoms with Crippen molar-refractivity contribution in [1.82, 2.24) is 20.3 Å². The second kappa shape index (κ2) is 11.8. The molecule has 1 aliphatic heterocycles. The average molecular weight is 579 g/mol.